The number of carbonyl (C=O) groups excluding carboxylic acids is 12. The Kier molecular flexibility index (Phi) is 29.6. The smallest absolute Gasteiger partial charge is 0.246 e. The van der Waals surface area contributed by atoms with Crippen molar-refractivity contribution in [2.75, 3.05) is 68.5 Å². The highest BCUT2D eigenvalue weighted by atomic mass is 127. The monoisotopic (exact) mass is 1500 g/mol. The van der Waals surface area contributed by atoms with E-state index in [-0.39, 0.29) is 56.9 Å². The van der Waals surface area contributed by atoms with Crippen LogP contribution in [0.5, 0.6) is 0 Å². The molecule has 100 heavy (non-hydrogen) atoms. The molecule has 3 heterocycles. The van der Waals surface area contributed by atoms with Crippen LogP contribution in [0.15, 0.2) is 78.9 Å². The van der Waals surface area contributed by atoms with Crippen LogP contribution in [0.2, 0.25) is 0 Å². The molecule has 4 N–H and O–H groups in total. The number of aryl methyl sites for hydroxylation is 2. The summed E-state index contributed by atoms with van der Waals surface area (Å²) in [6.07, 6.45) is 2.87. The minimum Gasteiger partial charge on any atom is -0.342 e. The quantitative estimate of drug-likeness (QED) is 0.153. The van der Waals surface area contributed by atoms with Gasteiger partial charge in [-0.25, -0.2) is 0 Å². The first-order valence-electron chi connectivity index (χ1n) is 35.3. The van der Waals surface area contributed by atoms with Gasteiger partial charge in [-0.15, -0.1) is 0 Å². The lowest BCUT2D eigenvalue weighted by molar-refractivity contribution is -0.160. The zero-order valence-corrected chi connectivity index (χ0v) is 63.8. The highest BCUT2D eigenvalue weighted by Crippen LogP contribution is 2.27. The molecular weight excluding hydrogens is 1390 g/mol. The van der Waals surface area contributed by atoms with E-state index < -0.39 is 150 Å². The summed E-state index contributed by atoms with van der Waals surface area (Å²) in [5.41, 5.74) is 1.44. The summed E-state index contributed by atoms with van der Waals surface area (Å²) in [7, 11) is 8.61. The number of benzene rings is 3. The van der Waals surface area contributed by atoms with E-state index in [0.29, 0.717) is 49.9 Å². The minimum absolute atomic E-state index is 0.0161. The Morgan fingerprint density at radius 1 is 0.590 bits per heavy atom. The fourth-order valence-electron chi connectivity index (χ4n) is 12.9. The molecule has 548 valence electrons. The molecule has 3 fully saturated rings. The average molecular weight is 1500 g/mol. The van der Waals surface area contributed by atoms with Gasteiger partial charge in [-0.2, -0.15) is 0 Å². The van der Waals surface area contributed by atoms with E-state index in [1.54, 1.807) is 24.0 Å². The van der Waals surface area contributed by atoms with E-state index in [0.717, 1.165) is 21.1 Å². The van der Waals surface area contributed by atoms with Crippen molar-refractivity contribution in [1.82, 2.24) is 60.5 Å². The number of amides is 12. The van der Waals surface area contributed by atoms with Crippen LogP contribution in [0.4, 0.5) is 0 Å². The molecule has 0 spiro atoms. The molecule has 24 nitrogen and oxygen atoms in total. The van der Waals surface area contributed by atoms with E-state index in [2.05, 4.69) is 43.9 Å². The Balaban J connectivity index is 1.46. The summed E-state index contributed by atoms with van der Waals surface area (Å²) in [5, 5.41) is 11.6. The molecule has 12 amide bonds. The SMILES string of the molecule is CC[C@H](C)[C@@H]1NC(=O)[C@H](CC(C)C)N(C)C(=O)C[C@@H](C(=O)N2CCCCC2)N(C)C(=O)[C@H](CC(C)C)NC(=O)C(C)(C)N(C)C(=O)[C@H](CCc2ccccc2)NC(=O)[C@H](Cc2cccc(I)c2)NC(=O)CN(C)C(=O)[C@H](Cc2ccc(C)cc2)N(C)C(=O)[C@@H]2CCN2C(=O)[C@H](C)N(C)C1=O. The molecule has 10 atom stereocenters. The molecule has 6 rings (SSSR count). The average Bonchev–Trinajstić information content (AvgIpc) is 0.787. The van der Waals surface area contributed by atoms with Gasteiger partial charge in [-0.1, -0.05) is 120 Å². The summed E-state index contributed by atoms with van der Waals surface area (Å²) in [5.74, 6) is -8.61. The van der Waals surface area contributed by atoms with E-state index in [1.807, 2.05) is 108 Å². The van der Waals surface area contributed by atoms with E-state index in [4.69, 9.17) is 0 Å². The third-order valence-corrected chi connectivity index (χ3v) is 20.9. The summed E-state index contributed by atoms with van der Waals surface area (Å²) in [6, 6.07) is 12.9. The Labute approximate surface area is 605 Å². The predicted molar refractivity (Wildman–Crippen MR) is 390 cm³/mol. The molecule has 0 radical (unpaired) electrons. The Hall–Kier alpha value is -7.97. The number of hydrogen-bond acceptors (Lipinski definition) is 12. The molecule has 0 aromatic heterocycles. The van der Waals surface area contributed by atoms with Crippen LogP contribution in [0.3, 0.4) is 0 Å². The first kappa shape index (κ1) is 81.0. The number of fused-ring (bicyclic) bond motifs is 1. The maximum atomic E-state index is 15.3. The second-order valence-corrected chi connectivity index (χ2v) is 30.3. The zero-order valence-electron chi connectivity index (χ0n) is 61.6. The third-order valence-electron chi connectivity index (χ3n) is 20.2. The van der Waals surface area contributed by atoms with Crippen LogP contribution in [0, 0.1) is 28.2 Å². The van der Waals surface area contributed by atoms with Crippen molar-refractivity contribution in [2.24, 2.45) is 17.8 Å². The fourth-order valence-corrected chi connectivity index (χ4v) is 13.5. The number of rotatable bonds is 14. The molecular formula is C75H109IN12O12. The summed E-state index contributed by atoms with van der Waals surface area (Å²) in [4.78, 5) is 190. The molecule has 3 saturated heterocycles. The highest BCUT2D eigenvalue weighted by Gasteiger charge is 2.47. The maximum Gasteiger partial charge on any atom is 0.246 e. The van der Waals surface area contributed by atoms with Gasteiger partial charge in [-0.05, 0) is 148 Å². The van der Waals surface area contributed by atoms with Crippen LogP contribution in [0.1, 0.15) is 142 Å². The number of likely N-dealkylation sites (N-methyl/N-ethyl adjacent to an activating group) is 6. The first-order chi connectivity index (χ1) is 47.1. The van der Waals surface area contributed by atoms with Crippen molar-refractivity contribution in [3.63, 3.8) is 0 Å². The normalized spacial score (nSPS) is 25.1. The molecule has 0 bridgehead atoms. The van der Waals surface area contributed by atoms with Gasteiger partial charge >= 0.3 is 0 Å². The lowest BCUT2D eigenvalue weighted by Gasteiger charge is -2.45. The van der Waals surface area contributed by atoms with Crippen LogP contribution >= 0.6 is 22.6 Å². The molecule has 3 aromatic rings. The summed E-state index contributed by atoms with van der Waals surface area (Å²) in [6.45, 7) is 17.9. The molecule has 3 aliphatic heterocycles. The molecule has 0 saturated carbocycles. The highest BCUT2D eigenvalue weighted by molar-refractivity contribution is 14.1. The van der Waals surface area contributed by atoms with Crippen LogP contribution in [-0.2, 0) is 76.8 Å². The number of likely N-dealkylation sites (tertiary alicyclic amines) is 1. The van der Waals surface area contributed by atoms with E-state index >= 15 is 28.8 Å². The van der Waals surface area contributed by atoms with Crippen LogP contribution in [-0.4, -0.2) is 238 Å². The van der Waals surface area contributed by atoms with Gasteiger partial charge < -0.3 is 60.5 Å². The topological polar surface area (TPSA) is 279 Å². The van der Waals surface area contributed by atoms with Crippen molar-refractivity contribution in [1.29, 1.82) is 0 Å². The van der Waals surface area contributed by atoms with Crippen molar-refractivity contribution in [3.05, 3.63) is 105 Å². The van der Waals surface area contributed by atoms with E-state index in [1.165, 1.54) is 97.4 Å². The molecule has 0 aliphatic carbocycles. The largest absolute Gasteiger partial charge is 0.342 e. The third kappa shape index (κ3) is 21.1. The van der Waals surface area contributed by atoms with Crippen molar-refractivity contribution < 1.29 is 57.5 Å². The maximum absolute atomic E-state index is 15.3. The number of halogens is 1. The Bertz CT molecular complexity index is 3400. The van der Waals surface area contributed by atoms with Gasteiger partial charge in [-0.3, -0.25) is 57.5 Å². The molecule has 3 aliphatic rings. The van der Waals surface area contributed by atoms with Gasteiger partial charge in [0.05, 0.1) is 13.0 Å². The zero-order chi connectivity index (χ0) is 74.2. The number of piperidine rings is 1. The molecule has 25 heteroatoms. The van der Waals surface area contributed by atoms with Crippen molar-refractivity contribution >= 4 is 93.5 Å². The number of nitrogens with one attached hydrogen (secondary N) is 4. The van der Waals surface area contributed by atoms with Gasteiger partial charge in [0.1, 0.15) is 59.9 Å². The molecule has 3 aromatic carbocycles. The standard InChI is InChI=1S/C75H109IN12O12/c1-17-49(7)64-73(99)82(12)50(8)67(93)88-38-35-58(88)71(97)85(15)60(43-52-31-29-48(6)30-32-52)70(96)81(11)45-62(89)77-56(42-53-27-24-28-54(76)41-53)65(91)78-55(34-33-51-25-20-18-21-26-51)69(95)86(16)75(9,10)74(100)79-57(39-46(2)3)68(94)84(14)61(72(98)87-36-22-19-23-37-87)44-63(90)83(13)59(40-47(4)5)66(92)80-64/h18,20-21,24-32,41,46-47,49-50,55-61,64H,17,19,22-23,33-40,42-45H2,1-16H3,(H,77,89)(H,78,91)(H,79,100)(H,80,92)/t49-,50-,55-,56-,57-,58-,59-,60-,61-,64-/m0/s1. The fraction of sp³-hybridized carbons (Fsp3) is 0.600. The Morgan fingerprint density at radius 3 is 1.81 bits per heavy atom. The van der Waals surface area contributed by atoms with Gasteiger partial charge in [0.2, 0.25) is 70.9 Å². The lowest BCUT2D eigenvalue weighted by atomic mass is 9.94. The predicted octanol–water partition coefficient (Wildman–Crippen LogP) is 5.14. The Morgan fingerprint density at radius 2 is 1.22 bits per heavy atom. The molecule has 0 unspecified atom stereocenters. The van der Waals surface area contributed by atoms with Crippen LogP contribution in [0.25, 0.3) is 0 Å². The van der Waals surface area contributed by atoms with Crippen molar-refractivity contribution in [2.45, 2.75) is 206 Å². The number of carbonyl (C=O) groups is 12. The number of hydrogen-bond donors (Lipinski definition) is 4. The first-order valence-corrected chi connectivity index (χ1v) is 36.4. The van der Waals surface area contributed by atoms with E-state index in [9.17, 15) is 28.8 Å². The summed E-state index contributed by atoms with van der Waals surface area (Å²) < 4.78 is 0.846. The second-order valence-electron chi connectivity index (χ2n) is 29.0. The summed E-state index contributed by atoms with van der Waals surface area (Å²) >= 11 is 2.14. The van der Waals surface area contributed by atoms with Crippen LogP contribution < -0.4 is 21.3 Å². The van der Waals surface area contributed by atoms with Crippen molar-refractivity contribution in [3.8, 4) is 0 Å². The second kappa shape index (κ2) is 36.6. The van der Waals surface area contributed by atoms with Gasteiger partial charge in [0.15, 0.2) is 0 Å². The number of nitrogens with zero attached hydrogens (tertiary/aromatic N) is 8. The van der Waals surface area contributed by atoms with Gasteiger partial charge in [0, 0.05) is 78.3 Å². The lowest BCUT2D eigenvalue weighted by Crippen LogP contribution is -2.65. The minimum atomic E-state index is -1.73. The van der Waals surface area contributed by atoms with Gasteiger partial charge in [0.25, 0.3) is 0 Å².